The van der Waals surface area contributed by atoms with Crippen LogP contribution >= 0.6 is 0 Å². The van der Waals surface area contributed by atoms with E-state index in [4.69, 9.17) is 4.74 Å². The average molecular weight is 344 g/mol. The molecule has 132 valence electrons. The van der Waals surface area contributed by atoms with E-state index < -0.39 is 0 Å². The van der Waals surface area contributed by atoms with Gasteiger partial charge in [0.15, 0.2) is 0 Å². The van der Waals surface area contributed by atoms with Crippen LogP contribution in [0.25, 0.3) is 0 Å². The third-order valence-corrected chi connectivity index (χ3v) is 4.51. The highest BCUT2D eigenvalue weighted by Crippen LogP contribution is 2.23. The molecule has 0 saturated carbocycles. The topological polar surface area (TPSA) is 26.3 Å². The van der Waals surface area contributed by atoms with Crippen LogP contribution in [-0.4, -0.2) is 5.97 Å². The second kappa shape index (κ2) is 8.48. The molecule has 0 bridgehead atoms. The van der Waals surface area contributed by atoms with Crippen molar-refractivity contribution in [2.75, 3.05) is 0 Å². The smallest absolute Gasteiger partial charge is 0.338 e. The zero-order valence-electron chi connectivity index (χ0n) is 15.3. The van der Waals surface area contributed by atoms with Crippen molar-refractivity contribution in [1.82, 2.24) is 0 Å². The summed E-state index contributed by atoms with van der Waals surface area (Å²) in [5.41, 5.74) is 5.26. The van der Waals surface area contributed by atoms with Crippen LogP contribution in [0.2, 0.25) is 0 Å². The van der Waals surface area contributed by atoms with Crippen LogP contribution in [0.1, 0.15) is 52.1 Å². The van der Waals surface area contributed by atoms with E-state index in [-0.39, 0.29) is 12.1 Å². The molecule has 1 unspecified atom stereocenters. The first kappa shape index (κ1) is 17.9. The SMILES string of the molecule is CCC(OC(=O)c1ccc(Cc2ccccc2)cc1)c1ccc(C)cc1. The Kier molecular flexibility index (Phi) is 5.85. The second-order valence-electron chi connectivity index (χ2n) is 6.57. The van der Waals surface area contributed by atoms with Crippen molar-refractivity contribution in [1.29, 1.82) is 0 Å². The van der Waals surface area contributed by atoms with Gasteiger partial charge in [-0.2, -0.15) is 0 Å². The van der Waals surface area contributed by atoms with E-state index in [1.807, 2.05) is 80.6 Å². The number of rotatable bonds is 6. The Hall–Kier alpha value is -2.87. The number of aryl methyl sites for hydroxylation is 1. The lowest BCUT2D eigenvalue weighted by molar-refractivity contribution is 0.0288. The van der Waals surface area contributed by atoms with Gasteiger partial charge in [0.2, 0.25) is 0 Å². The van der Waals surface area contributed by atoms with Gasteiger partial charge in [-0.05, 0) is 48.6 Å². The Morgan fingerprint density at radius 1 is 0.846 bits per heavy atom. The van der Waals surface area contributed by atoms with Gasteiger partial charge < -0.3 is 4.74 Å². The first-order valence-corrected chi connectivity index (χ1v) is 9.06. The van der Waals surface area contributed by atoms with Crippen LogP contribution in [-0.2, 0) is 11.2 Å². The Bertz CT molecular complexity index is 834. The molecule has 0 aromatic heterocycles. The second-order valence-corrected chi connectivity index (χ2v) is 6.57. The summed E-state index contributed by atoms with van der Waals surface area (Å²) in [4.78, 5) is 12.5. The highest BCUT2D eigenvalue weighted by molar-refractivity contribution is 5.89. The lowest BCUT2D eigenvalue weighted by Crippen LogP contribution is -2.11. The highest BCUT2D eigenvalue weighted by atomic mass is 16.5. The monoisotopic (exact) mass is 344 g/mol. The van der Waals surface area contributed by atoms with Crippen LogP contribution in [0, 0.1) is 6.92 Å². The van der Waals surface area contributed by atoms with E-state index in [2.05, 4.69) is 12.1 Å². The molecule has 0 aliphatic carbocycles. The fourth-order valence-corrected chi connectivity index (χ4v) is 2.96. The number of carbonyl (C=O) groups is 1. The summed E-state index contributed by atoms with van der Waals surface area (Å²) in [5, 5.41) is 0. The third kappa shape index (κ3) is 4.60. The standard InChI is InChI=1S/C24H24O2/c1-3-23(21-13-9-18(2)10-14-21)26-24(25)22-15-11-20(12-16-22)17-19-7-5-4-6-8-19/h4-16,23H,3,17H2,1-2H3. The minimum atomic E-state index is -0.274. The predicted octanol–water partition coefficient (Wildman–Crippen LogP) is 5.89. The van der Waals surface area contributed by atoms with Crippen LogP contribution in [0.15, 0.2) is 78.9 Å². The minimum absolute atomic E-state index is 0.216. The van der Waals surface area contributed by atoms with E-state index >= 15 is 0 Å². The lowest BCUT2D eigenvalue weighted by atomic mass is 10.0. The van der Waals surface area contributed by atoms with Crippen LogP contribution < -0.4 is 0 Å². The van der Waals surface area contributed by atoms with Crippen molar-refractivity contribution in [2.24, 2.45) is 0 Å². The van der Waals surface area contributed by atoms with Gasteiger partial charge in [-0.15, -0.1) is 0 Å². The maximum Gasteiger partial charge on any atom is 0.338 e. The van der Waals surface area contributed by atoms with Crippen LogP contribution in [0.5, 0.6) is 0 Å². The molecule has 3 aromatic carbocycles. The Morgan fingerprint density at radius 2 is 1.46 bits per heavy atom. The molecular weight excluding hydrogens is 320 g/mol. The molecule has 0 spiro atoms. The molecule has 0 radical (unpaired) electrons. The van der Waals surface area contributed by atoms with Crippen molar-refractivity contribution in [3.8, 4) is 0 Å². The van der Waals surface area contributed by atoms with E-state index in [0.29, 0.717) is 5.56 Å². The minimum Gasteiger partial charge on any atom is -0.454 e. The molecule has 1 atom stereocenters. The molecule has 3 rings (SSSR count). The predicted molar refractivity (Wildman–Crippen MR) is 105 cm³/mol. The summed E-state index contributed by atoms with van der Waals surface area (Å²) < 4.78 is 5.73. The number of hydrogen-bond acceptors (Lipinski definition) is 2. The Balaban J connectivity index is 1.66. The number of carbonyl (C=O) groups excluding carboxylic acids is 1. The van der Waals surface area contributed by atoms with Gasteiger partial charge >= 0.3 is 5.97 Å². The average Bonchev–Trinajstić information content (AvgIpc) is 2.68. The number of esters is 1. The molecule has 0 heterocycles. The van der Waals surface area contributed by atoms with Crippen molar-refractivity contribution < 1.29 is 9.53 Å². The zero-order chi connectivity index (χ0) is 18.4. The fourth-order valence-electron chi connectivity index (χ4n) is 2.96. The van der Waals surface area contributed by atoms with Crippen molar-refractivity contribution >= 4 is 5.97 Å². The van der Waals surface area contributed by atoms with Gasteiger partial charge in [-0.1, -0.05) is 79.2 Å². The van der Waals surface area contributed by atoms with Gasteiger partial charge in [0.25, 0.3) is 0 Å². The molecule has 0 saturated heterocycles. The molecule has 0 aliphatic rings. The Morgan fingerprint density at radius 3 is 2.08 bits per heavy atom. The third-order valence-electron chi connectivity index (χ3n) is 4.51. The van der Waals surface area contributed by atoms with E-state index in [9.17, 15) is 4.79 Å². The first-order chi connectivity index (χ1) is 12.7. The summed E-state index contributed by atoms with van der Waals surface area (Å²) >= 11 is 0. The van der Waals surface area contributed by atoms with Gasteiger partial charge in [-0.3, -0.25) is 0 Å². The zero-order valence-corrected chi connectivity index (χ0v) is 15.3. The number of hydrogen-bond donors (Lipinski definition) is 0. The molecule has 0 amide bonds. The van der Waals surface area contributed by atoms with Gasteiger partial charge in [0.1, 0.15) is 6.10 Å². The normalized spacial score (nSPS) is 11.8. The van der Waals surface area contributed by atoms with Crippen molar-refractivity contribution in [3.05, 3.63) is 107 Å². The van der Waals surface area contributed by atoms with E-state index in [1.54, 1.807) is 0 Å². The summed E-state index contributed by atoms with van der Waals surface area (Å²) in [6, 6.07) is 26.1. The quantitative estimate of drug-likeness (QED) is 0.521. The van der Waals surface area contributed by atoms with Gasteiger partial charge in [0.05, 0.1) is 5.56 Å². The first-order valence-electron chi connectivity index (χ1n) is 9.06. The summed E-state index contributed by atoms with van der Waals surface area (Å²) in [5.74, 6) is -0.274. The maximum atomic E-state index is 12.5. The molecule has 0 N–H and O–H groups in total. The largest absolute Gasteiger partial charge is 0.454 e. The molecule has 2 nitrogen and oxygen atoms in total. The maximum absolute atomic E-state index is 12.5. The fraction of sp³-hybridized carbons (Fsp3) is 0.208. The molecule has 3 aromatic rings. The molecular formula is C24H24O2. The number of benzene rings is 3. The summed E-state index contributed by atoms with van der Waals surface area (Å²) in [6.45, 7) is 4.08. The van der Waals surface area contributed by atoms with Gasteiger partial charge in [-0.25, -0.2) is 4.79 Å². The molecule has 2 heteroatoms. The molecule has 0 fully saturated rings. The summed E-state index contributed by atoms with van der Waals surface area (Å²) in [6.07, 6.45) is 1.39. The molecule has 26 heavy (non-hydrogen) atoms. The highest BCUT2D eigenvalue weighted by Gasteiger charge is 2.16. The Labute approximate surface area is 155 Å². The van der Waals surface area contributed by atoms with Crippen molar-refractivity contribution in [2.45, 2.75) is 32.8 Å². The lowest BCUT2D eigenvalue weighted by Gasteiger charge is -2.17. The van der Waals surface area contributed by atoms with Crippen LogP contribution in [0.3, 0.4) is 0 Å². The van der Waals surface area contributed by atoms with Crippen LogP contribution in [0.4, 0.5) is 0 Å². The van der Waals surface area contributed by atoms with Gasteiger partial charge in [0, 0.05) is 0 Å². The van der Waals surface area contributed by atoms with Crippen molar-refractivity contribution in [3.63, 3.8) is 0 Å². The summed E-state index contributed by atoms with van der Waals surface area (Å²) in [7, 11) is 0. The molecule has 0 aliphatic heterocycles. The number of ether oxygens (including phenoxy) is 1. The van der Waals surface area contributed by atoms with E-state index in [0.717, 1.165) is 18.4 Å². The van der Waals surface area contributed by atoms with E-state index in [1.165, 1.54) is 16.7 Å².